The van der Waals surface area contributed by atoms with Crippen LogP contribution >= 0.6 is 27.5 Å². The predicted octanol–water partition coefficient (Wildman–Crippen LogP) is 2.56. The maximum absolute atomic E-state index is 12.7. The van der Waals surface area contributed by atoms with E-state index in [2.05, 4.69) is 26.5 Å². The minimum Gasteiger partial charge on any atom is -0.292 e. The Hall–Kier alpha value is -1.78. The van der Waals surface area contributed by atoms with Crippen LogP contribution in [0.5, 0.6) is 0 Å². The maximum Gasteiger partial charge on any atom is 0.254 e. The lowest BCUT2D eigenvalue weighted by Gasteiger charge is -2.33. The van der Waals surface area contributed by atoms with Crippen molar-refractivity contribution in [3.05, 3.63) is 63.6 Å². The summed E-state index contributed by atoms with van der Waals surface area (Å²) < 4.78 is 27.7. The normalized spacial score (nSPS) is 16.2. The van der Waals surface area contributed by atoms with Gasteiger partial charge in [0, 0.05) is 35.7 Å². The van der Waals surface area contributed by atoms with E-state index in [0.29, 0.717) is 31.2 Å². The highest BCUT2D eigenvalue weighted by Gasteiger charge is 2.28. The molecule has 154 valence electrons. The fourth-order valence-electron chi connectivity index (χ4n) is 2.85. The second-order valence-corrected chi connectivity index (χ2v) is 9.77. The average Bonchev–Trinajstić information content (AvgIpc) is 2.70. The monoisotopic (exact) mass is 498 g/mol. The molecule has 0 aliphatic carbocycles. The number of hydrazone groups is 1. The lowest BCUT2D eigenvalue weighted by atomic mass is 10.2. The van der Waals surface area contributed by atoms with E-state index in [-0.39, 0.29) is 17.3 Å². The number of hydrogen-bond acceptors (Lipinski definition) is 5. The first-order valence-corrected chi connectivity index (χ1v) is 11.5. The molecule has 0 aromatic heterocycles. The summed E-state index contributed by atoms with van der Waals surface area (Å²) in [6.07, 6.45) is 1.54. The molecule has 1 aliphatic heterocycles. The van der Waals surface area contributed by atoms with Crippen molar-refractivity contribution >= 4 is 49.7 Å². The zero-order valence-electron chi connectivity index (χ0n) is 15.5. The lowest BCUT2D eigenvalue weighted by Crippen LogP contribution is -2.50. The zero-order chi connectivity index (χ0) is 20.9. The Bertz CT molecular complexity index is 974. The fraction of sp³-hybridized carbons (Fsp3) is 0.263. The van der Waals surface area contributed by atoms with Crippen molar-refractivity contribution in [3.8, 4) is 0 Å². The molecule has 0 radical (unpaired) electrons. The second-order valence-electron chi connectivity index (χ2n) is 6.48. The number of nitrogens with one attached hydrogen (secondary N) is 1. The first kappa shape index (κ1) is 21.9. The van der Waals surface area contributed by atoms with Crippen LogP contribution in [-0.4, -0.2) is 62.5 Å². The van der Waals surface area contributed by atoms with E-state index in [1.807, 2.05) is 4.90 Å². The molecule has 0 bridgehead atoms. The molecule has 10 heteroatoms. The van der Waals surface area contributed by atoms with Crippen LogP contribution in [0, 0.1) is 0 Å². The topological polar surface area (TPSA) is 82.1 Å². The van der Waals surface area contributed by atoms with Gasteiger partial charge in [-0.3, -0.25) is 9.69 Å². The Kier molecular flexibility index (Phi) is 7.42. The van der Waals surface area contributed by atoms with Gasteiger partial charge >= 0.3 is 0 Å². The molecule has 29 heavy (non-hydrogen) atoms. The lowest BCUT2D eigenvalue weighted by molar-refractivity contribution is -0.122. The van der Waals surface area contributed by atoms with Gasteiger partial charge in [0.2, 0.25) is 10.0 Å². The van der Waals surface area contributed by atoms with Crippen LogP contribution in [0.2, 0.25) is 5.02 Å². The molecule has 2 aromatic rings. The number of hydrogen-bond donors (Lipinski definition) is 1. The SMILES string of the molecule is O=C(CN1CCN(S(=O)(=O)c2ccc(Br)cc2)CC1)N/N=C\c1ccc(Cl)cc1. The van der Waals surface area contributed by atoms with Gasteiger partial charge in [-0.1, -0.05) is 39.7 Å². The van der Waals surface area contributed by atoms with Crippen LogP contribution in [0.15, 0.2) is 63.0 Å². The first-order chi connectivity index (χ1) is 13.8. The molecule has 1 aliphatic rings. The Labute approximate surface area is 183 Å². The van der Waals surface area contributed by atoms with Crippen LogP contribution in [0.1, 0.15) is 5.56 Å². The minimum absolute atomic E-state index is 0.157. The number of amides is 1. The van der Waals surface area contributed by atoms with Gasteiger partial charge in [-0.15, -0.1) is 0 Å². The zero-order valence-corrected chi connectivity index (χ0v) is 18.6. The summed E-state index contributed by atoms with van der Waals surface area (Å²) in [5.74, 6) is -0.251. The highest BCUT2D eigenvalue weighted by molar-refractivity contribution is 9.10. The van der Waals surface area contributed by atoms with Crippen LogP contribution in [0.25, 0.3) is 0 Å². The molecule has 1 N–H and O–H groups in total. The summed E-state index contributed by atoms with van der Waals surface area (Å²) in [5.41, 5.74) is 3.31. The molecule has 3 rings (SSSR count). The summed E-state index contributed by atoms with van der Waals surface area (Å²) in [4.78, 5) is 14.2. The standard InChI is InChI=1S/C19H20BrClN4O3S/c20-16-3-7-18(8-4-16)29(27,28)25-11-9-24(10-12-25)14-19(26)23-22-13-15-1-5-17(21)6-2-15/h1-8,13H,9-12,14H2,(H,23,26)/b22-13-. The number of carbonyl (C=O) groups excluding carboxylic acids is 1. The molecule has 0 spiro atoms. The largest absolute Gasteiger partial charge is 0.292 e. The van der Waals surface area contributed by atoms with Crippen molar-refractivity contribution in [2.75, 3.05) is 32.7 Å². The molecular weight excluding hydrogens is 480 g/mol. The molecule has 2 aromatic carbocycles. The fourth-order valence-corrected chi connectivity index (χ4v) is 4.66. The van der Waals surface area contributed by atoms with Crippen LogP contribution in [0.3, 0.4) is 0 Å². The average molecular weight is 500 g/mol. The van der Waals surface area contributed by atoms with Crippen LogP contribution < -0.4 is 5.43 Å². The molecule has 7 nitrogen and oxygen atoms in total. The summed E-state index contributed by atoms with van der Waals surface area (Å²) >= 11 is 9.13. The van der Waals surface area contributed by atoms with E-state index in [9.17, 15) is 13.2 Å². The second kappa shape index (κ2) is 9.82. The van der Waals surface area contributed by atoms with Crippen molar-refractivity contribution in [2.45, 2.75) is 4.90 Å². The third-order valence-corrected chi connectivity index (χ3v) is 7.12. The number of piperazine rings is 1. The minimum atomic E-state index is -3.53. The molecule has 0 unspecified atom stereocenters. The van der Waals surface area contributed by atoms with E-state index < -0.39 is 10.0 Å². The van der Waals surface area contributed by atoms with Crippen LogP contribution in [-0.2, 0) is 14.8 Å². The molecule has 1 heterocycles. The van der Waals surface area contributed by atoms with Crippen molar-refractivity contribution in [2.24, 2.45) is 5.10 Å². The Morgan fingerprint density at radius 3 is 2.31 bits per heavy atom. The van der Waals surface area contributed by atoms with Crippen molar-refractivity contribution in [1.29, 1.82) is 0 Å². The Morgan fingerprint density at radius 1 is 1.07 bits per heavy atom. The molecule has 0 saturated carbocycles. The van der Waals surface area contributed by atoms with E-state index >= 15 is 0 Å². The molecule has 1 amide bonds. The van der Waals surface area contributed by atoms with E-state index in [1.165, 1.54) is 10.5 Å². The van der Waals surface area contributed by atoms with Crippen LogP contribution in [0.4, 0.5) is 0 Å². The number of nitrogens with zero attached hydrogens (tertiary/aromatic N) is 3. The smallest absolute Gasteiger partial charge is 0.254 e. The van der Waals surface area contributed by atoms with E-state index in [1.54, 1.807) is 48.5 Å². The number of sulfonamides is 1. The number of benzene rings is 2. The Morgan fingerprint density at radius 2 is 1.69 bits per heavy atom. The number of halogens is 2. The quantitative estimate of drug-likeness (QED) is 0.489. The van der Waals surface area contributed by atoms with Gasteiger partial charge in [0.15, 0.2) is 0 Å². The highest BCUT2D eigenvalue weighted by atomic mass is 79.9. The summed E-state index contributed by atoms with van der Waals surface area (Å²) in [5, 5.41) is 4.57. The third kappa shape index (κ3) is 6.10. The number of carbonyl (C=O) groups is 1. The molecule has 0 atom stereocenters. The summed E-state index contributed by atoms with van der Waals surface area (Å²) in [6.45, 7) is 1.78. The van der Waals surface area contributed by atoms with Gasteiger partial charge in [-0.05, 0) is 42.0 Å². The predicted molar refractivity (Wildman–Crippen MR) is 117 cm³/mol. The summed E-state index contributed by atoms with van der Waals surface area (Å²) in [7, 11) is -3.53. The Balaban J connectivity index is 1.47. The van der Waals surface area contributed by atoms with Gasteiger partial charge in [0.1, 0.15) is 0 Å². The van der Waals surface area contributed by atoms with Gasteiger partial charge in [0.05, 0.1) is 17.7 Å². The van der Waals surface area contributed by atoms with Crippen molar-refractivity contribution in [3.63, 3.8) is 0 Å². The highest BCUT2D eigenvalue weighted by Crippen LogP contribution is 2.20. The van der Waals surface area contributed by atoms with E-state index in [0.717, 1.165) is 10.0 Å². The molecule has 1 fully saturated rings. The van der Waals surface area contributed by atoms with Crippen molar-refractivity contribution < 1.29 is 13.2 Å². The molecular formula is C19H20BrClN4O3S. The first-order valence-electron chi connectivity index (χ1n) is 8.90. The molecule has 1 saturated heterocycles. The van der Waals surface area contributed by atoms with Crippen molar-refractivity contribution in [1.82, 2.24) is 14.6 Å². The summed E-state index contributed by atoms with van der Waals surface area (Å²) in [6, 6.07) is 13.6. The third-order valence-electron chi connectivity index (χ3n) is 4.42. The maximum atomic E-state index is 12.7. The van der Waals surface area contributed by atoms with Gasteiger partial charge in [-0.25, -0.2) is 13.8 Å². The van der Waals surface area contributed by atoms with Gasteiger partial charge < -0.3 is 0 Å². The van der Waals surface area contributed by atoms with E-state index in [4.69, 9.17) is 11.6 Å². The number of rotatable bonds is 6. The van der Waals surface area contributed by atoms with Gasteiger partial charge in [-0.2, -0.15) is 9.41 Å². The van der Waals surface area contributed by atoms with Gasteiger partial charge in [0.25, 0.3) is 5.91 Å².